The van der Waals surface area contributed by atoms with E-state index in [1.165, 1.54) is 4.90 Å². The molecule has 1 aromatic carbocycles. The summed E-state index contributed by atoms with van der Waals surface area (Å²) in [6.45, 7) is 1.67. The molecule has 2 amide bonds. The highest BCUT2D eigenvalue weighted by Crippen LogP contribution is 2.37. The summed E-state index contributed by atoms with van der Waals surface area (Å²) >= 11 is 6.77. The monoisotopic (exact) mass is 390 g/mol. The van der Waals surface area contributed by atoms with E-state index in [1.807, 2.05) is 0 Å². The van der Waals surface area contributed by atoms with Gasteiger partial charge in [0.05, 0.1) is 17.3 Å². The standard InChI is InChI=1S/C12H12Br2N2O3/c1-6-12(18)16(5-11(17)15-6)9-4-10(19-2)8(14)3-7(9)13/h3-4,6H,5H2,1-2H3,(H,15,17). The molecule has 2 rings (SSSR count). The van der Waals surface area contributed by atoms with Crippen LogP contribution in [0, 0.1) is 0 Å². The van der Waals surface area contributed by atoms with Crippen molar-refractivity contribution >= 4 is 49.4 Å². The van der Waals surface area contributed by atoms with Crippen molar-refractivity contribution < 1.29 is 14.3 Å². The number of nitrogens with one attached hydrogen (secondary N) is 1. The van der Waals surface area contributed by atoms with Crippen molar-refractivity contribution in [3.63, 3.8) is 0 Å². The number of carbonyl (C=O) groups excluding carboxylic acids is 2. The molecule has 1 aliphatic heterocycles. The van der Waals surface area contributed by atoms with Crippen LogP contribution in [-0.2, 0) is 9.59 Å². The fraction of sp³-hybridized carbons (Fsp3) is 0.333. The second-order valence-electron chi connectivity index (χ2n) is 4.15. The number of halogens is 2. The van der Waals surface area contributed by atoms with E-state index in [0.717, 1.165) is 8.95 Å². The van der Waals surface area contributed by atoms with Crippen LogP contribution in [0.5, 0.6) is 5.75 Å². The summed E-state index contributed by atoms with van der Waals surface area (Å²) in [4.78, 5) is 25.2. The van der Waals surface area contributed by atoms with Gasteiger partial charge in [-0.25, -0.2) is 0 Å². The van der Waals surface area contributed by atoms with Gasteiger partial charge in [-0.1, -0.05) is 0 Å². The second-order valence-corrected chi connectivity index (χ2v) is 5.86. The predicted octanol–water partition coefficient (Wildman–Crippen LogP) is 2.07. The van der Waals surface area contributed by atoms with Gasteiger partial charge in [0.1, 0.15) is 18.3 Å². The minimum Gasteiger partial charge on any atom is -0.495 e. The van der Waals surface area contributed by atoms with E-state index in [4.69, 9.17) is 4.74 Å². The first-order valence-electron chi connectivity index (χ1n) is 5.57. The molecule has 0 radical (unpaired) electrons. The van der Waals surface area contributed by atoms with E-state index in [0.29, 0.717) is 11.4 Å². The zero-order valence-electron chi connectivity index (χ0n) is 10.4. The summed E-state index contributed by atoms with van der Waals surface area (Å²) in [6.07, 6.45) is 0. The van der Waals surface area contributed by atoms with Crippen molar-refractivity contribution in [1.82, 2.24) is 5.32 Å². The largest absolute Gasteiger partial charge is 0.495 e. The molecule has 0 aromatic heterocycles. The molecule has 1 aromatic rings. The summed E-state index contributed by atoms with van der Waals surface area (Å²) in [5.74, 6) is 0.273. The molecule has 7 heteroatoms. The van der Waals surface area contributed by atoms with Gasteiger partial charge in [0, 0.05) is 10.5 Å². The first-order chi connectivity index (χ1) is 8.93. The Balaban J connectivity index is 2.45. The number of anilines is 1. The number of ether oxygens (including phenoxy) is 1. The van der Waals surface area contributed by atoms with Crippen LogP contribution in [0.4, 0.5) is 5.69 Å². The molecule has 1 N–H and O–H groups in total. The zero-order chi connectivity index (χ0) is 14.2. The molecule has 1 aliphatic rings. The summed E-state index contributed by atoms with van der Waals surface area (Å²) in [5.41, 5.74) is 0.617. The number of carbonyl (C=O) groups is 2. The van der Waals surface area contributed by atoms with Crippen molar-refractivity contribution in [2.45, 2.75) is 13.0 Å². The van der Waals surface area contributed by atoms with Crippen LogP contribution in [0.15, 0.2) is 21.1 Å². The molecule has 0 bridgehead atoms. The third-order valence-electron chi connectivity index (χ3n) is 2.83. The maximum atomic E-state index is 12.1. The molecule has 1 atom stereocenters. The van der Waals surface area contributed by atoms with Gasteiger partial charge < -0.3 is 10.1 Å². The van der Waals surface area contributed by atoms with Crippen LogP contribution in [0.3, 0.4) is 0 Å². The molecule has 1 heterocycles. The number of amides is 2. The second kappa shape index (κ2) is 5.50. The SMILES string of the molecule is COc1cc(N2CC(=O)NC(C)C2=O)c(Br)cc1Br. The first-order valence-corrected chi connectivity index (χ1v) is 7.16. The highest BCUT2D eigenvalue weighted by atomic mass is 79.9. The highest BCUT2D eigenvalue weighted by molar-refractivity contribution is 9.11. The number of rotatable bonds is 2. The van der Waals surface area contributed by atoms with Crippen molar-refractivity contribution in [2.75, 3.05) is 18.6 Å². The van der Waals surface area contributed by atoms with Crippen molar-refractivity contribution in [2.24, 2.45) is 0 Å². The normalized spacial score (nSPS) is 19.4. The summed E-state index contributed by atoms with van der Waals surface area (Å²) in [5, 5.41) is 2.60. The molecule has 1 saturated heterocycles. The first kappa shape index (κ1) is 14.3. The molecule has 1 fully saturated rings. The molecule has 5 nitrogen and oxygen atoms in total. The number of nitrogens with zero attached hydrogens (tertiary/aromatic N) is 1. The molecule has 1 unspecified atom stereocenters. The Kier molecular flexibility index (Phi) is 4.15. The van der Waals surface area contributed by atoms with Gasteiger partial charge in [-0.3, -0.25) is 14.5 Å². The van der Waals surface area contributed by atoms with Crippen LogP contribution in [-0.4, -0.2) is 31.5 Å². The Bertz CT molecular complexity index is 548. The minimum atomic E-state index is -0.525. The highest BCUT2D eigenvalue weighted by Gasteiger charge is 2.31. The summed E-state index contributed by atoms with van der Waals surface area (Å²) in [6, 6.07) is 2.98. The van der Waals surface area contributed by atoms with Gasteiger partial charge in [-0.05, 0) is 44.8 Å². The van der Waals surface area contributed by atoms with E-state index < -0.39 is 6.04 Å². The lowest BCUT2D eigenvalue weighted by molar-refractivity contribution is -0.130. The average Bonchev–Trinajstić information content (AvgIpc) is 2.34. The molecular weight excluding hydrogens is 380 g/mol. The van der Waals surface area contributed by atoms with Gasteiger partial charge >= 0.3 is 0 Å². The number of piperazine rings is 1. The van der Waals surface area contributed by atoms with Gasteiger partial charge in [0.2, 0.25) is 11.8 Å². The van der Waals surface area contributed by atoms with E-state index in [9.17, 15) is 9.59 Å². The van der Waals surface area contributed by atoms with Crippen LogP contribution >= 0.6 is 31.9 Å². The molecule has 0 saturated carbocycles. The fourth-order valence-electron chi connectivity index (χ4n) is 1.89. The van der Waals surface area contributed by atoms with Gasteiger partial charge in [0.15, 0.2) is 0 Å². The Morgan fingerprint density at radius 1 is 1.32 bits per heavy atom. The van der Waals surface area contributed by atoms with Crippen LogP contribution < -0.4 is 15.0 Å². The quantitative estimate of drug-likeness (QED) is 0.839. The minimum absolute atomic E-state index is 0.00651. The van der Waals surface area contributed by atoms with Crippen LogP contribution in [0.2, 0.25) is 0 Å². The predicted molar refractivity (Wildman–Crippen MR) is 78.4 cm³/mol. The number of methoxy groups -OCH3 is 1. The van der Waals surface area contributed by atoms with Gasteiger partial charge in [-0.15, -0.1) is 0 Å². The lowest BCUT2D eigenvalue weighted by Gasteiger charge is -2.31. The summed E-state index contributed by atoms with van der Waals surface area (Å²) < 4.78 is 6.70. The molecule has 19 heavy (non-hydrogen) atoms. The third-order valence-corrected chi connectivity index (χ3v) is 4.08. The van der Waals surface area contributed by atoms with E-state index in [2.05, 4.69) is 37.2 Å². The maximum Gasteiger partial charge on any atom is 0.249 e. The maximum absolute atomic E-state index is 12.1. The lowest BCUT2D eigenvalue weighted by atomic mass is 10.2. The Morgan fingerprint density at radius 2 is 2.00 bits per heavy atom. The Labute approximate surface area is 127 Å². The Morgan fingerprint density at radius 3 is 2.63 bits per heavy atom. The fourth-order valence-corrected chi connectivity index (χ4v) is 3.26. The van der Waals surface area contributed by atoms with Gasteiger partial charge in [-0.2, -0.15) is 0 Å². The van der Waals surface area contributed by atoms with Crippen molar-refractivity contribution in [3.05, 3.63) is 21.1 Å². The Hall–Kier alpha value is -1.08. The van der Waals surface area contributed by atoms with Crippen LogP contribution in [0.1, 0.15) is 6.92 Å². The summed E-state index contributed by atoms with van der Waals surface area (Å²) in [7, 11) is 1.55. The van der Waals surface area contributed by atoms with Crippen molar-refractivity contribution in [1.29, 1.82) is 0 Å². The molecular formula is C12H12Br2N2O3. The number of benzene rings is 1. The molecule has 0 aliphatic carbocycles. The third kappa shape index (κ3) is 2.76. The van der Waals surface area contributed by atoms with Gasteiger partial charge in [0.25, 0.3) is 0 Å². The van der Waals surface area contributed by atoms with E-state index in [1.54, 1.807) is 26.2 Å². The lowest BCUT2D eigenvalue weighted by Crippen LogP contribution is -2.57. The van der Waals surface area contributed by atoms with E-state index in [-0.39, 0.29) is 18.4 Å². The van der Waals surface area contributed by atoms with Crippen molar-refractivity contribution in [3.8, 4) is 5.75 Å². The average molecular weight is 392 g/mol. The zero-order valence-corrected chi connectivity index (χ0v) is 13.5. The molecule has 0 spiro atoms. The van der Waals surface area contributed by atoms with E-state index >= 15 is 0 Å². The number of hydrogen-bond acceptors (Lipinski definition) is 3. The van der Waals surface area contributed by atoms with Crippen LogP contribution in [0.25, 0.3) is 0 Å². The number of hydrogen-bond donors (Lipinski definition) is 1. The smallest absolute Gasteiger partial charge is 0.249 e. The topological polar surface area (TPSA) is 58.6 Å². The molecule has 102 valence electrons.